The molecule has 7 nitrogen and oxygen atoms in total. The Balaban J connectivity index is 1.34. The molecular weight excluding hydrogens is 368 g/mol. The Morgan fingerprint density at radius 3 is 2.90 bits per heavy atom. The fourth-order valence-electron chi connectivity index (χ4n) is 3.46. The molecule has 0 N–H and O–H groups in total. The molecule has 1 saturated heterocycles. The standard InChI is InChI=1S/C22H24N4O3/c1-16-9-10-18(14-23-16)22(27)26-12-5-8-19(26)21-24-20(25-29-21)11-13-28-15-17-6-3-2-4-7-17/h2-4,6-7,9-10,14,19H,5,8,11-13,15H2,1H3. The number of nitrogens with zero attached hydrogens (tertiary/aromatic N) is 4. The number of carbonyl (C=O) groups excluding carboxylic acids is 1. The highest BCUT2D eigenvalue weighted by atomic mass is 16.5. The molecule has 4 rings (SSSR count). The van der Waals surface area contributed by atoms with Gasteiger partial charge < -0.3 is 14.2 Å². The summed E-state index contributed by atoms with van der Waals surface area (Å²) in [4.78, 5) is 23.4. The maximum Gasteiger partial charge on any atom is 0.256 e. The molecule has 150 valence electrons. The first-order chi connectivity index (χ1) is 14.2. The van der Waals surface area contributed by atoms with E-state index in [1.165, 1.54) is 0 Å². The Morgan fingerprint density at radius 1 is 1.24 bits per heavy atom. The minimum atomic E-state index is -0.185. The summed E-state index contributed by atoms with van der Waals surface area (Å²) in [6.45, 7) is 3.64. The second-order valence-electron chi connectivity index (χ2n) is 7.18. The van der Waals surface area contributed by atoms with Crippen molar-refractivity contribution in [3.05, 3.63) is 77.2 Å². The highest BCUT2D eigenvalue weighted by molar-refractivity contribution is 5.94. The molecule has 0 bridgehead atoms. The average Bonchev–Trinajstić information content (AvgIpc) is 3.41. The lowest BCUT2D eigenvalue weighted by atomic mass is 10.2. The van der Waals surface area contributed by atoms with E-state index in [0.29, 0.717) is 43.5 Å². The lowest BCUT2D eigenvalue weighted by Crippen LogP contribution is -2.30. The van der Waals surface area contributed by atoms with Crippen LogP contribution in [-0.4, -0.2) is 39.1 Å². The van der Waals surface area contributed by atoms with Crippen LogP contribution in [0.2, 0.25) is 0 Å². The molecule has 1 unspecified atom stereocenters. The first-order valence-electron chi connectivity index (χ1n) is 9.88. The summed E-state index contributed by atoms with van der Waals surface area (Å²) in [5.41, 5.74) is 2.60. The minimum absolute atomic E-state index is 0.0501. The summed E-state index contributed by atoms with van der Waals surface area (Å²) in [6, 6.07) is 13.5. The second-order valence-corrected chi connectivity index (χ2v) is 7.18. The molecule has 0 aliphatic carbocycles. The van der Waals surface area contributed by atoms with Crippen LogP contribution in [0.5, 0.6) is 0 Å². The van der Waals surface area contributed by atoms with Gasteiger partial charge in [-0.3, -0.25) is 9.78 Å². The summed E-state index contributed by atoms with van der Waals surface area (Å²) in [6.07, 6.45) is 3.92. The van der Waals surface area contributed by atoms with E-state index in [1.54, 1.807) is 11.1 Å². The number of hydrogen-bond acceptors (Lipinski definition) is 6. The monoisotopic (exact) mass is 392 g/mol. The molecule has 1 aliphatic rings. The smallest absolute Gasteiger partial charge is 0.256 e. The number of rotatable bonds is 7. The van der Waals surface area contributed by atoms with Gasteiger partial charge in [-0.25, -0.2) is 0 Å². The van der Waals surface area contributed by atoms with E-state index < -0.39 is 0 Å². The number of hydrogen-bond donors (Lipinski definition) is 0. The van der Waals surface area contributed by atoms with Crippen molar-refractivity contribution in [3.8, 4) is 0 Å². The van der Waals surface area contributed by atoms with Crippen molar-refractivity contribution in [3.63, 3.8) is 0 Å². The van der Waals surface area contributed by atoms with Crippen molar-refractivity contribution < 1.29 is 14.1 Å². The van der Waals surface area contributed by atoms with Gasteiger partial charge in [0.15, 0.2) is 5.82 Å². The molecule has 2 aromatic heterocycles. The molecule has 1 atom stereocenters. The summed E-state index contributed by atoms with van der Waals surface area (Å²) in [5.74, 6) is 1.05. The lowest BCUT2D eigenvalue weighted by Gasteiger charge is -2.21. The molecular formula is C22H24N4O3. The third-order valence-electron chi connectivity index (χ3n) is 5.02. The Labute approximate surface area is 169 Å². The molecule has 1 amide bonds. The molecule has 1 aromatic carbocycles. The van der Waals surface area contributed by atoms with E-state index in [0.717, 1.165) is 24.1 Å². The lowest BCUT2D eigenvalue weighted by molar-refractivity contribution is 0.0709. The number of aromatic nitrogens is 3. The second kappa shape index (κ2) is 8.96. The third kappa shape index (κ3) is 4.68. The van der Waals surface area contributed by atoms with Crippen LogP contribution in [0.4, 0.5) is 0 Å². The number of ether oxygens (including phenoxy) is 1. The summed E-state index contributed by atoms with van der Waals surface area (Å²) in [5, 5.41) is 4.07. The van der Waals surface area contributed by atoms with Gasteiger partial charge in [0.25, 0.3) is 5.91 Å². The van der Waals surface area contributed by atoms with Gasteiger partial charge in [-0.15, -0.1) is 0 Å². The molecule has 3 heterocycles. The zero-order valence-electron chi connectivity index (χ0n) is 16.5. The van der Waals surface area contributed by atoms with Crippen LogP contribution in [0.15, 0.2) is 53.2 Å². The van der Waals surface area contributed by atoms with Crippen LogP contribution in [0.3, 0.4) is 0 Å². The van der Waals surface area contributed by atoms with Gasteiger partial charge in [0.1, 0.15) is 6.04 Å². The number of benzene rings is 1. The molecule has 1 aliphatic heterocycles. The number of pyridine rings is 1. The quantitative estimate of drug-likeness (QED) is 0.573. The van der Waals surface area contributed by atoms with Crippen molar-refractivity contribution >= 4 is 5.91 Å². The van der Waals surface area contributed by atoms with Crippen LogP contribution in [-0.2, 0) is 17.8 Å². The molecule has 1 fully saturated rings. The van der Waals surface area contributed by atoms with Gasteiger partial charge in [-0.2, -0.15) is 4.98 Å². The van der Waals surface area contributed by atoms with E-state index >= 15 is 0 Å². The summed E-state index contributed by atoms with van der Waals surface area (Å²) < 4.78 is 11.2. The largest absolute Gasteiger partial charge is 0.376 e. The molecule has 7 heteroatoms. The fraction of sp³-hybridized carbons (Fsp3) is 0.364. The SMILES string of the molecule is Cc1ccc(C(=O)N2CCCC2c2nc(CCOCc3ccccc3)no2)cn1. The fourth-order valence-corrected chi connectivity index (χ4v) is 3.46. The normalized spacial score (nSPS) is 16.3. The maximum atomic E-state index is 12.9. The van der Waals surface area contributed by atoms with Crippen molar-refractivity contribution in [2.75, 3.05) is 13.2 Å². The van der Waals surface area contributed by atoms with Gasteiger partial charge >= 0.3 is 0 Å². The first-order valence-corrected chi connectivity index (χ1v) is 9.88. The summed E-state index contributed by atoms with van der Waals surface area (Å²) in [7, 11) is 0. The molecule has 0 saturated carbocycles. The van der Waals surface area contributed by atoms with Gasteiger partial charge in [-0.05, 0) is 37.5 Å². The molecule has 0 spiro atoms. The Kier molecular flexibility index (Phi) is 5.95. The predicted molar refractivity (Wildman–Crippen MR) is 106 cm³/mol. The predicted octanol–water partition coefficient (Wildman–Crippen LogP) is 3.51. The van der Waals surface area contributed by atoms with Crippen molar-refractivity contribution in [2.24, 2.45) is 0 Å². The van der Waals surface area contributed by atoms with E-state index in [2.05, 4.69) is 15.1 Å². The highest BCUT2D eigenvalue weighted by Crippen LogP contribution is 2.32. The zero-order valence-corrected chi connectivity index (χ0v) is 16.5. The van der Waals surface area contributed by atoms with Crippen LogP contribution in [0.25, 0.3) is 0 Å². The number of likely N-dealkylation sites (tertiary alicyclic amines) is 1. The zero-order chi connectivity index (χ0) is 20.1. The van der Waals surface area contributed by atoms with Gasteiger partial charge in [0, 0.05) is 24.9 Å². The van der Waals surface area contributed by atoms with E-state index in [-0.39, 0.29) is 11.9 Å². The van der Waals surface area contributed by atoms with Crippen LogP contribution in [0, 0.1) is 6.92 Å². The van der Waals surface area contributed by atoms with Crippen molar-refractivity contribution in [2.45, 2.75) is 38.8 Å². The first kappa shape index (κ1) is 19.3. The maximum absolute atomic E-state index is 12.9. The number of amides is 1. The Bertz CT molecular complexity index is 940. The topological polar surface area (TPSA) is 81.4 Å². The van der Waals surface area contributed by atoms with Crippen LogP contribution in [0.1, 0.15) is 52.2 Å². The van der Waals surface area contributed by atoms with E-state index in [1.807, 2.05) is 49.4 Å². The number of aryl methyl sites for hydroxylation is 1. The average molecular weight is 392 g/mol. The van der Waals surface area contributed by atoms with Gasteiger partial charge in [-0.1, -0.05) is 35.5 Å². The van der Waals surface area contributed by atoms with Gasteiger partial charge in [0.2, 0.25) is 5.89 Å². The Hall–Kier alpha value is -3.06. The number of carbonyl (C=O) groups is 1. The van der Waals surface area contributed by atoms with E-state index in [4.69, 9.17) is 9.26 Å². The molecule has 0 radical (unpaired) electrons. The van der Waals surface area contributed by atoms with Crippen LogP contribution < -0.4 is 0 Å². The third-order valence-corrected chi connectivity index (χ3v) is 5.02. The highest BCUT2D eigenvalue weighted by Gasteiger charge is 2.34. The summed E-state index contributed by atoms with van der Waals surface area (Å²) >= 11 is 0. The Morgan fingerprint density at radius 2 is 2.10 bits per heavy atom. The van der Waals surface area contributed by atoms with E-state index in [9.17, 15) is 4.79 Å². The van der Waals surface area contributed by atoms with Crippen molar-refractivity contribution in [1.29, 1.82) is 0 Å². The minimum Gasteiger partial charge on any atom is -0.376 e. The van der Waals surface area contributed by atoms with Crippen molar-refractivity contribution in [1.82, 2.24) is 20.0 Å². The molecule has 3 aromatic rings. The van der Waals surface area contributed by atoms with Gasteiger partial charge in [0.05, 0.1) is 18.8 Å². The molecule has 29 heavy (non-hydrogen) atoms. The van der Waals surface area contributed by atoms with Crippen LogP contribution >= 0.6 is 0 Å².